The van der Waals surface area contributed by atoms with Crippen LogP contribution in [0.2, 0.25) is 5.02 Å². The van der Waals surface area contributed by atoms with E-state index in [1.54, 1.807) is 19.0 Å². The van der Waals surface area contributed by atoms with Gasteiger partial charge in [-0.3, -0.25) is 19.3 Å². The van der Waals surface area contributed by atoms with E-state index in [0.29, 0.717) is 63.4 Å². The van der Waals surface area contributed by atoms with Crippen molar-refractivity contribution in [2.75, 3.05) is 46.8 Å². The Morgan fingerprint density at radius 2 is 1.80 bits per heavy atom. The maximum absolute atomic E-state index is 12.8. The van der Waals surface area contributed by atoms with Crippen molar-refractivity contribution in [2.24, 2.45) is 0 Å². The van der Waals surface area contributed by atoms with Gasteiger partial charge in [0.15, 0.2) is 0 Å². The second kappa shape index (κ2) is 9.79. The van der Waals surface area contributed by atoms with Crippen LogP contribution in [0.25, 0.3) is 0 Å². The third-order valence-electron chi connectivity index (χ3n) is 6.09. The van der Waals surface area contributed by atoms with Crippen LogP contribution in [-0.4, -0.2) is 84.8 Å². The van der Waals surface area contributed by atoms with E-state index in [0.717, 1.165) is 12.0 Å². The largest absolute Gasteiger partial charge is 0.350 e. The molecule has 0 saturated carbocycles. The van der Waals surface area contributed by atoms with Gasteiger partial charge in [-0.25, -0.2) is 0 Å². The van der Waals surface area contributed by atoms with E-state index in [9.17, 15) is 14.4 Å². The molecular formula is C22H31ClN4O3. The number of piperazine rings is 1. The van der Waals surface area contributed by atoms with E-state index in [1.807, 2.05) is 29.2 Å². The number of rotatable bonds is 7. The summed E-state index contributed by atoms with van der Waals surface area (Å²) < 4.78 is 0. The summed E-state index contributed by atoms with van der Waals surface area (Å²) in [7, 11) is 3.51. The molecule has 2 heterocycles. The fraction of sp³-hybridized carbons (Fsp3) is 0.591. The van der Waals surface area contributed by atoms with E-state index < -0.39 is 0 Å². The fourth-order valence-corrected chi connectivity index (χ4v) is 4.29. The van der Waals surface area contributed by atoms with Crippen LogP contribution in [0.3, 0.4) is 0 Å². The first-order chi connectivity index (χ1) is 14.3. The van der Waals surface area contributed by atoms with Gasteiger partial charge in [0.2, 0.25) is 17.7 Å². The van der Waals surface area contributed by atoms with Crippen LogP contribution in [0.15, 0.2) is 24.3 Å². The van der Waals surface area contributed by atoms with Crippen molar-refractivity contribution in [3.63, 3.8) is 0 Å². The van der Waals surface area contributed by atoms with Gasteiger partial charge in [0.1, 0.15) is 0 Å². The molecule has 1 aromatic carbocycles. The van der Waals surface area contributed by atoms with Crippen LogP contribution in [0.4, 0.5) is 0 Å². The SMILES string of the molecule is CN(C)C(=O)CN1CCN(C(=O)CCC2(Cc3ccc(Cl)cc3)CCC(=O)N2)CC1. The van der Waals surface area contributed by atoms with Crippen LogP contribution < -0.4 is 5.32 Å². The number of halogens is 1. The van der Waals surface area contributed by atoms with Gasteiger partial charge in [0, 0.05) is 63.7 Å². The van der Waals surface area contributed by atoms with Gasteiger partial charge in [-0.1, -0.05) is 23.7 Å². The van der Waals surface area contributed by atoms with Gasteiger partial charge >= 0.3 is 0 Å². The lowest BCUT2D eigenvalue weighted by molar-refractivity contribution is -0.134. The lowest BCUT2D eigenvalue weighted by atomic mass is 9.85. The Morgan fingerprint density at radius 1 is 1.13 bits per heavy atom. The molecule has 0 aromatic heterocycles. The predicted molar refractivity (Wildman–Crippen MR) is 116 cm³/mol. The second-order valence-corrected chi connectivity index (χ2v) is 9.01. The minimum atomic E-state index is -0.374. The van der Waals surface area contributed by atoms with E-state index in [-0.39, 0.29) is 23.3 Å². The second-order valence-electron chi connectivity index (χ2n) is 8.58. The number of nitrogens with zero attached hydrogens (tertiary/aromatic N) is 3. The summed E-state index contributed by atoms with van der Waals surface area (Å²) in [5, 5.41) is 3.82. The standard InChI is InChI=1S/C22H31ClN4O3/c1-25(2)21(30)16-26-11-13-27(14-12-26)20(29)8-10-22(9-7-19(28)24-22)15-17-3-5-18(23)6-4-17/h3-6H,7-16H2,1-2H3,(H,24,28). The molecule has 2 saturated heterocycles. The molecule has 2 fully saturated rings. The molecule has 0 bridgehead atoms. The third kappa shape index (κ3) is 5.95. The quantitative estimate of drug-likeness (QED) is 0.706. The number of carbonyl (C=O) groups is 3. The van der Waals surface area contributed by atoms with Crippen LogP contribution in [0.5, 0.6) is 0 Å². The minimum Gasteiger partial charge on any atom is -0.350 e. The molecule has 0 radical (unpaired) electrons. The molecule has 2 aliphatic rings. The van der Waals surface area contributed by atoms with Crippen molar-refractivity contribution in [1.29, 1.82) is 0 Å². The Balaban J connectivity index is 1.52. The van der Waals surface area contributed by atoms with E-state index in [1.165, 1.54) is 0 Å². The molecule has 1 atom stereocenters. The molecule has 1 unspecified atom stereocenters. The van der Waals surface area contributed by atoms with Crippen molar-refractivity contribution in [2.45, 2.75) is 37.6 Å². The Labute approximate surface area is 183 Å². The summed E-state index contributed by atoms with van der Waals surface area (Å²) in [6, 6.07) is 7.66. The first-order valence-electron chi connectivity index (χ1n) is 10.5. The van der Waals surface area contributed by atoms with Crippen LogP contribution in [-0.2, 0) is 20.8 Å². The molecule has 1 aromatic rings. The van der Waals surface area contributed by atoms with Gasteiger partial charge in [-0.05, 0) is 37.0 Å². The summed E-state index contributed by atoms with van der Waals surface area (Å²) in [6.07, 6.45) is 2.97. The van der Waals surface area contributed by atoms with Crippen LogP contribution in [0, 0.1) is 0 Å². The number of nitrogens with one attached hydrogen (secondary N) is 1. The molecule has 0 aliphatic carbocycles. The molecule has 164 valence electrons. The molecule has 7 nitrogen and oxygen atoms in total. The Bertz CT molecular complexity index is 775. The lowest BCUT2D eigenvalue weighted by Gasteiger charge is -2.36. The molecule has 1 N–H and O–H groups in total. The maximum atomic E-state index is 12.8. The summed E-state index contributed by atoms with van der Waals surface area (Å²) in [4.78, 5) is 42.2. The zero-order valence-corrected chi connectivity index (χ0v) is 18.6. The number of benzene rings is 1. The van der Waals surface area contributed by atoms with Crippen molar-refractivity contribution >= 4 is 29.3 Å². The number of amides is 3. The third-order valence-corrected chi connectivity index (χ3v) is 6.34. The van der Waals surface area contributed by atoms with Crippen LogP contribution >= 0.6 is 11.6 Å². The topological polar surface area (TPSA) is 73.0 Å². The van der Waals surface area contributed by atoms with E-state index in [4.69, 9.17) is 11.6 Å². The number of hydrogen-bond acceptors (Lipinski definition) is 4. The summed E-state index contributed by atoms with van der Waals surface area (Å²) in [5.74, 6) is 0.247. The zero-order chi connectivity index (χ0) is 21.7. The maximum Gasteiger partial charge on any atom is 0.236 e. The van der Waals surface area contributed by atoms with Crippen molar-refractivity contribution in [3.8, 4) is 0 Å². The summed E-state index contributed by atoms with van der Waals surface area (Å²) >= 11 is 5.98. The average molecular weight is 435 g/mol. The van der Waals surface area contributed by atoms with E-state index >= 15 is 0 Å². The molecular weight excluding hydrogens is 404 g/mol. The Hall–Kier alpha value is -2.12. The molecule has 8 heteroatoms. The fourth-order valence-electron chi connectivity index (χ4n) is 4.17. The van der Waals surface area contributed by atoms with Crippen LogP contribution in [0.1, 0.15) is 31.2 Å². The van der Waals surface area contributed by atoms with Crippen molar-refractivity contribution in [3.05, 3.63) is 34.9 Å². The Kier molecular flexibility index (Phi) is 7.36. The minimum absolute atomic E-state index is 0.0515. The smallest absolute Gasteiger partial charge is 0.236 e. The number of carbonyl (C=O) groups excluding carboxylic acids is 3. The van der Waals surface area contributed by atoms with Gasteiger partial charge in [0.05, 0.1) is 6.54 Å². The normalized spacial score (nSPS) is 22.1. The molecule has 3 amide bonds. The van der Waals surface area contributed by atoms with Gasteiger partial charge < -0.3 is 15.1 Å². The highest BCUT2D eigenvalue weighted by atomic mass is 35.5. The van der Waals surface area contributed by atoms with Crippen molar-refractivity contribution < 1.29 is 14.4 Å². The highest BCUT2D eigenvalue weighted by molar-refractivity contribution is 6.30. The lowest BCUT2D eigenvalue weighted by Crippen LogP contribution is -2.51. The van der Waals surface area contributed by atoms with E-state index in [2.05, 4.69) is 10.2 Å². The Morgan fingerprint density at radius 3 is 2.37 bits per heavy atom. The molecule has 0 spiro atoms. The monoisotopic (exact) mass is 434 g/mol. The molecule has 30 heavy (non-hydrogen) atoms. The van der Waals surface area contributed by atoms with Gasteiger partial charge in [0.25, 0.3) is 0 Å². The number of hydrogen-bond donors (Lipinski definition) is 1. The molecule has 3 rings (SSSR count). The first-order valence-corrected chi connectivity index (χ1v) is 10.9. The van der Waals surface area contributed by atoms with Gasteiger partial charge in [-0.2, -0.15) is 0 Å². The summed E-state index contributed by atoms with van der Waals surface area (Å²) in [5.41, 5.74) is 0.730. The summed E-state index contributed by atoms with van der Waals surface area (Å²) in [6.45, 7) is 3.08. The highest BCUT2D eigenvalue weighted by Gasteiger charge is 2.38. The first kappa shape index (κ1) is 22.6. The highest BCUT2D eigenvalue weighted by Crippen LogP contribution is 2.30. The van der Waals surface area contributed by atoms with Crippen molar-refractivity contribution in [1.82, 2.24) is 20.0 Å². The number of likely N-dealkylation sites (N-methyl/N-ethyl adjacent to an activating group) is 1. The zero-order valence-electron chi connectivity index (χ0n) is 17.8. The molecule has 2 aliphatic heterocycles. The average Bonchev–Trinajstić information content (AvgIpc) is 3.09. The predicted octanol–water partition coefficient (Wildman–Crippen LogP) is 1.54. The van der Waals surface area contributed by atoms with Gasteiger partial charge in [-0.15, -0.1) is 0 Å².